The Kier molecular flexibility index (Phi) is 3.75. The van der Waals surface area contributed by atoms with Gasteiger partial charge in [-0.2, -0.15) is 0 Å². The Hall–Kier alpha value is -2.43. The molecule has 1 amide bonds. The third kappa shape index (κ3) is 2.88. The van der Waals surface area contributed by atoms with E-state index in [9.17, 15) is 4.79 Å². The zero-order chi connectivity index (χ0) is 13.8. The summed E-state index contributed by atoms with van der Waals surface area (Å²) in [6.45, 7) is 1.86. The number of nitrogens with zero attached hydrogens (tertiary/aromatic N) is 3. The summed E-state index contributed by atoms with van der Waals surface area (Å²) in [5.41, 5.74) is 2.16. The topological polar surface area (TPSA) is 58.1 Å². The first-order valence-corrected chi connectivity index (χ1v) is 5.96. The van der Waals surface area contributed by atoms with E-state index in [-0.39, 0.29) is 5.91 Å². The highest BCUT2D eigenvalue weighted by molar-refractivity contribution is 6.06. The van der Waals surface area contributed by atoms with Gasteiger partial charge in [0.15, 0.2) is 0 Å². The largest absolute Gasteiger partial charge is 0.373 e. The minimum atomic E-state index is -0.0880. The monoisotopic (exact) mass is 256 g/mol. The Bertz CT molecular complexity index is 583. The van der Waals surface area contributed by atoms with Crippen molar-refractivity contribution in [1.29, 1.82) is 0 Å². The molecule has 2 aromatic rings. The average Bonchev–Trinajstić information content (AvgIpc) is 2.46. The molecular weight excluding hydrogens is 240 g/mol. The molecule has 2 rings (SSSR count). The van der Waals surface area contributed by atoms with Crippen LogP contribution in [0.15, 0.2) is 36.7 Å². The summed E-state index contributed by atoms with van der Waals surface area (Å²) in [4.78, 5) is 22.3. The molecule has 5 heteroatoms. The van der Waals surface area contributed by atoms with Crippen molar-refractivity contribution in [3.63, 3.8) is 0 Å². The number of pyridine rings is 2. The summed E-state index contributed by atoms with van der Waals surface area (Å²) >= 11 is 0. The average molecular weight is 256 g/mol. The number of carbonyl (C=O) groups excluding carboxylic acids is 1. The molecular formula is C14H16N4O. The summed E-state index contributed by atoms with van der Waals surface area (Å²) in [7, 11) is 3.51. The molecule has 0 saturated heterocycles. The molecule has 2 aromatic heterocycles. The lowest BCUT2D eigenvalue weighted by atomic mass is 10.2. The molecule has 2 heterocycles. The van der Waals surface area contributed by atoms with Gasteiger partial charge in [-0.3, -0.25) is 9.78 Å². The van der Waals surface area contributed by atoms with E-state index in [2.05, 4.69) is 15.3 Å². The number of carbonyl (C=O) groups is 1. The molecule has 0 fully saturated rings. The molecule has 0 aliphatic carbocycles. The molecule has 0 unspecified atom stereocenters. The zero-order valence-corrected chi connectivity index (χ0v) is 11.2. The number of hydrogen-bond acceptors (Lipinski definition) is 4. The fraction of sp³-hybridized carbons (Fsp3) is 0.214. The second-order valence-corrected chi connectivity index (χ2v) is 4.21. The minimum absolute atomic E-state index is 0.0880. The predicted octanol–water partition coefficient (Wildman–Crippen LogP) is 2.10. The van der Waals surface area contributed by atoms with Crippen molar-refractivity contribution in [2.24, 2.45) is 0 Å². The molecule has 0 bridgehead atoms. The second-order valence-electron chi connectivity index (χ2n) is 4.21. The molecule has 1 N–H and O–H groups in total. The van der Waals surface area contributed by atoms with E-state index >= 15 is 0 Å². The standard InChI is InChI=1S/C14H16N4O/c1-10-7-11(8-13(15-2)17-10)14(19)18(3)12-5-4-6-16-9-12/h4-9H,1-3H3,(H,15,17). The van der Waals surface area contributed by atoms with Gasteiger partial charge in [-0.15, -0.1) is 0 Å². The molecule has 0 aliphatic heterocycles. The molecule has 0 radical (unpaired) electrons. The van der Waals surface area contributed by atoms with Gasteiger partial charge in [-0.1, -0.05) is 0 Å². The first-order chi connectivity index (χ1) is 9.11. The number of nitrogens with one attached hydrogen (secondary N) is 1. The van der Waals surface area contributed by atoms with Crippen LogP contribution in [0.1, 0.15) is 16.1 Å². The van der Waals surface area contributed by atoms with Gasteiger partial charge < -0.3 is 10.2 Å². The van der Waals surface area contributed by atoms with Crippen molar-refractivity contribution < 1.29 is 4.79 Å². The van der Waals surface area contributed by atoms with E-state index in [4.69, 9.17) is 0 Å². The Labute approximate surface area is 112 Å². The Balaban J connectivity index is 2.31. The maximum atomic E-state index is 12.4. The van der Waals surface area contributed by atoms with Crippen molar-refractivity contribution in [2.45, 2.75) is 6.92 Å². The zero-order valence-electron chi connectivity index (χ0n) is 11.2. The van der Waals surface area contributed by atoms with E-state index in [1.807, 2.05) is 13.0 Å². The van der Waals surface area contributed by atoms with Crippen LogP contribution >= 0.6 is 0 Å². The van der Waals surface area contributed by atoms with Crippen molar-refractivity contribution in [1.82, 2.24) is 9.97 Å². The molecule has 0 aliphatic rings. The fourth-order valence-corrected chi connectivity index (χ4v) is 1.78. The minimum Gasteiger partial charge on any atom is -0.373 e. The van der Waals surface area contributed by atoms with Crippen LogP contribution in [0, 0.1) is 6.92 Å². The number of aryl methyl sites for hydroxylation is 1. The van der Waals surface area contributed by atoms with Gasteiger partial charge in [0.05, 0.1) is 11.9 Å². The van der Waals surface area contributed by atoms with Crippen LogP contribution in [-0.2, 0) is 0 Å². The fourth-order valence-electron chi connectivity index (χ4n) is 1.78. The van der Waals surface area contributed by atoms with Crippen LogP contribution in [0.5, 0.6) is 0 Å². The Morgan fingerprint density at radius 2 is 2.16 bits per heavy atom. The molecule has 5 nitrogen and oxygen atoms in total. The third-order valence-corrected chi connectivity index (χ3v) is 2.79. The van der Waals surface area contributed by atoms with E-state index in [1.54, 1.807) is 49.6 Å². The van der Waals surface area contributed by atoms with Crippen molar-refractivity contribution in [2.75, 3.05) is 24.3 Å². The summed E-state index contributed by atoms with van der Waals surface area (Å²) in [5, 5.41) is 2.95. The second kappa shape index (κ2) is 5.48. The number of hydrogen-bond donors (Lipinski definition) is 1. The van der Waals surface area contributed by atoms with Gasteiger partial charge in [-0.05, 0) is 31.2 Å². The molecule has 98 valence electrons. The molecule has 0 spiro atoms. The van der Waals surface area contributed by atoms with Gasteiger partial charge in [-0.25, -0.2) is 4.98 Å². The molecule has 19 heavy (non-hydrogen) atoms. The van der Waals surface area contributed by atoms with Crippen LogP contribution < -0.4 is 10.2 Å². The first-order valence-electron chi connectivity index (χ1n) is 5.96. The van der Waals surface area contributed by atoms with Crippen LogP contribution in [0.25, 0.3) is 0 Å². The van der Waals surface area contributed by atoms with Crippen LogP contribution in [0.2, 0.25) is 0 Å². The Morgan fingerprint density at radius 1 is 1.37 bits per heavy atom. The van der Waals surface area contributed by atoms with Gasteiger partial charge in [0.25, 0.3) is 5.91 Å². The van der Waals surface area contributed by atoms with Gasteiger partial charge in [0, 0.05) is 31.5 Å². The SMILES string of the molecule is CNc1cc(C(=O)N(C)c2cccnc2)cc(C)n1. The molecule has 0 saturated carbocycles. The van der Waals surface area contributed by atoms with E-state index in [0.29, 0.717) is 11.4 Å². The Morgan fingerprint density at radius 3 is 2.79 bits per heavy atom. The van der Waals surface area contributed by atoms with Gasteiger partial charge >= 0.3 is 0 Å². The highest BCUT2D eigenvalue weighted by Gasteiger charge is 2.14. The summed E-state index contributed by atoms with van der Waals surface area (Å²) in [6, 6.07) is 7.16. The molecule has 0 atom stereocenters. The highest BCUT2D eigenvalue weighted by Crippen LogP contribution is 2.16. The summed E-state index contributed by atoms with van der Waals surface area (Å²) < 4.78 is 0. The lowest BCUT2D eigenvalue weighted by Gasteiger charge is -2.17. The van der Waals surface area contributed by atoms with Crippen molar-refractivity contribution in [3.05, 3.63) is 47.9 Å². The van der Waals surface area contributed by atoms with E-state index in [0.717, 1.165) is 11.4 Å². The van der Waals surface area contributed by atoms with Crippen LogP contribution in [0.3, 0.4) is 0 Å². The summed E-state index contributed by atoms with van der Waals surface area (Å²) in [6.07, 6.45) is 3.34. The maximum absolute atomic E-state index is 12.4. The van der Waals surface area contributed by atoms with Crippen LogP contribution in [-0.4, -0.2) is 30.0 Å². The van der Waals surface area contributed by atoms with Gasteiger partial charge in [0.1, 0.15) is 5.82 Å². The van der Waals surface area contributed by atoms with E-state index < -0.39 is 0 Å². The molecule has 0 aromatic carbocycles. The number of aromatic nitrogens is 2. The third-order valence-electron chi connectivity index (χ3n) is 2.79. The smallest absolute Gasteiger partial charge is 0.258 e. The lowest BCUT2D eigenvalue weighted by molar-refractivity contribution is 0.0993. The number of amides is 1. The van der Waals surface area contributed by atoms with Crippen LogP contribution in [0.4, 0.5) is 11.5 Å². The number of rotatable bonds is 3. The highest BCUT2D eigenvalue weighted by atomic mass is 16.2. The quantitative estimate of drug-likeness (QED) is 0.913. The van der Waals surface area contributed by atoms with E-state index in [1.165, 1.54) is 0 Å². The van der Waals surface area contributed by atoms with Crippen molar-refractivity contribution >= 4 is 17.4 Å². The van der Waals surface area contributed by atoms with Gasteiger partial charge in [0.2, 0.25) is 0 Å². The normalized spacial score (nSPS) is 10.1. The number of anilines is 2. The predicted molar refractivity (Wildman–Crippen MR) is 75.5 cm³/mol. The lowest BCUT2D eigenvalue weighted by Crippen LogP contribution is -2.26. The van der Waals surface area contributed by atoms with Crippen molar-refractivity contribution in [3.8, 4) is 0 Å². The maximum Gasteiger partial charge on any atom is 0.258 e. The first kappa shape index (κ1) is 13.0. The summed E-state index contributed by atoms with van der Waals surface area (Å²) in [5.74, 6) is 0.595.